The molecule has 0 atom stereocenters. The minimum Gasteiger partial charge on any atom is -0.363 e. The van der Waals surface area contributed by atoms with E-state index in [0.717, 1.165) is 24.7 Å². The minimum absolute atomic E-state index is 0.119. The molecule has 0 bridgehead atoms. The number of allylic oxidation sites excluding steroid dienone is 1. The minimum atomic E-state index is -0.119. The van der Waals surface area contributed by atoms with Crippen molar-refractivity contribution in [3.63, 3.8) is 0 Å². The summed E-state index contributed by atoms with van der Waals surface area (Å²) in [6.07, 6.45) is 1.08. The maximum absolute atomic E-state index is 6.62. The van der Waals surface area contributed by atoms with Gasteiger partial charge in [-0.2, -0.15) is 0 Å². The second-order valence-corrected chi connectivity index (χ2v) is 8.64. The summed E-state index contributed by atoms with van der Waals surface area (Å²) < 4.78 is 0. The van der Waals surface area contributed by atoms with E-state index in [2.05, 4.69) is 53.4 Å². The normalized spacial score (nSPS) is 13.6. The predicted molar refractivity (Wildman–Crippen MR) is 83.3 cm³/mol. The quantitative estimate of drug-likeness (QED) is 0.442. The second kappa shape index (κ2) is 8.38. The molecule has 0 unspecified atom stereocenters. The van der Waals surface area contributed by atoms with Gasteiger partial charge < -0.3 is 4.90 Å². The van der Waals surface area contributed by atoms with Gasteiger partial charge in [0.05, 0.1) is 0 Å². The van der Waals surface area contributed by atoms with Crippen molar-refractivity contribution >= 4 is 19.5 Å². The van der Waals surface area contributed by atoms with Crippen LogP contribution in [0.1, 0.15) is 54.9 Å². The number of hydrogen-bond acceptors (Lipinski definition) is 1. The molecule has 3 heteroatoms. The first-order valence-electron chi connectivity index (χ1n) is 6.82. The zero-order chi connectivity index (χ0) is 13.6. The van der Waals surface area contributed by atoms with E-state index in [0.29, 0.717) is 11.3 Å². The molecule has 0 aliphatic heterocycles. The average Bonchev–Trinajstić information content (AvgIpc) is 2.25. The van der Waals surface area contributed by atoms with Crippen molar-refractivity contribution in [3.05, 3.63) is 10.5 Å². The van der Waals surface area contributed by atoms with Crippen molar-refractivity contribution in [2.24, 2.45) is 0 Å². The fourth-order valence-electron chi connectivity index (χ4n) is 2.34. The van der Waals surface area contributed by atoms with Crippen LogP contribution in [0.2, 0.25) is 0 Å². The standard InChI is InChI=1S/C14H29ClNP/c1-8-13(14(15)16(9-2)10-3)17(11(4)5)12(6)7/h11-12H,8-10H2,1-7H3/b14-13-. The van der Waals surface area contributed by atoms with Crippen LogP contribution in [0, 0.1) is 0 Å². The Morgan fingerprint density at radius 1 is 1.00 bits per heavy atom. The SMILES string of the molecule is CC/C(=C(\Cl)N(CC)CC)P(C(C)C)C(C)C. The van der Waals surface area contributed by atoms with E-state index in [-0.39, 0.29) is 7.92 Å². The van der Waals surface area contributed by atoms with Crippen LogP contribution in [-0.2, 0) is 0 Å². The fourth-order valence-corrected chi connectivity index (χ4v) is 6.16. The van der Waals surface area contributed by atoms with Gasteiger partial charge in [-0.3, -0.25) is 0 Å². The van der Waals surface area contributed by atoms with Crippen molar-refractivity contribution in [3.8, 4) is 0 Å². The van der Waals surface area contributed by atoms with Gasteiger partial charge in [0.15, 0.2) is 0 Å². The summed E-state index contributed by atoms with van der Waals surface area (Å²) in [5.41, 5.74) is 1.42. The zero-order valence-corrected chi connectivity index (χ0v) is 14.2. The van der Waals surface area contributed by atoms with Crippen molar-refractivity contribution in [2.45, 2.75) is 66.2 Å². The molecule has 0 aliphatic rings. The molecule has 0 spiro atoms. The van der Waals surface area contributed by atoms with Gasteiger partial charge in [-0.15, -0.1) is 0 Å². The van der Waals surface area contributed by atoms with E-state index < -0.39 is 0 Å². The lowest BCUT2D eigenvalue weighted by Gasteiger charge is -2.32. The Hall–Kier alpha value is 0.260. The Balaban J connectivity index is 5.31. The van der Waals surface area contributed by atoms with Crippen LogP contribution in [0.15, 0.2) is 10.5 Å². The number of rotatable bonds is 7. The summed E-state index contributed by atoms with van der Waals surface area (Å²) in [4.78, 5) is 2.28. The summed E-state index contributed by atoms with van der Waals surface area (Å²) in [5, 5.41) is 2.52. The molecule has 1 nitrogen and oxygen atoms in total. The summed E-state index contributed by atoms with van der Waals surface area (Å²) in [6.45, 7) is 17.9. The van der Waals surface area contributed by atoms with Gasteiger partial charge in [-0.1, -0.05) is 54.1 Å². The molecule has 0 saturated carbocycles. The maximum atomic E-state index is 6.62. The predicted octanol–water partition coefficient (Wildman–Crippen LogP) is 5.44. The fraction of sp³-hybridized carbons (Fsp3) is 0.857. The van der Waals surface area contributed by atoms with Crippen LogP contribution in [0.5, 0.6) is 0 Å². The monoisotopic (exact) mass is 277 g/mol. The van der Waals surface area contributed by atoms with Gasteiger partial charge in [0.1, 0.15) is 5.16 Å². The molecule has 0 aromatic carbocycles. The highest BCUT2D eigenvalue weighted by molar-refractivity contribution is 7.63. The smallest absolute Gasteiger partial charge is 0.108 e. The van der Waals surface area contributed by atoms with Crippen LogP contribution in [0.25, 0.3) is 0 Å². The van der Waals surface area contributed by atoms with Crippen molar-refractivity contribution < 1.29 is 0 Å². The van der Waals surface area contributed by atoms with Crippen molar-refractivity contribution in [1.82, 2.24) is 4.90 Å². The van der Waals surface area contributed by atoms with E-state index in [4.69, 9.17) is 11.6 Å². The highest BCUT2D eigenvalue weighted by atomic mass is 35.5. The molecule has 17 heavy (non-hydrogen) atoms. The Kier molecular flexibility index (Phi) is 8.51. The van der Waals surface area contributed by atoms with Gasteiger partial charge in [0.2, 0.25) is 0 Å². The van der Waals surface area contributed by atoms with E-state index in [1.54, 1.807) is 0 Å². The van der Waals surface area contributed by atoms with Crippen LogP contribution >= 0.6 is 19.5 Å². The highest BCUT2D eigenvalue weighted by Gasteiger charge is 2.24. The lowest BCUT2D eigenvalue weighted by Crippen LogP contribution is -2.21. The van der Waals surface area contributed by atoms with Gasteiger partial charge in [-0.05, 0) is 36.9 Å². The largest absolute Gasteiger partial charge is 0.363 e. The molecule has 0 N–H and O–H groups in total. The van der Waals surface area contributed by atoms with Crippen molar-refractivity contribution in [2.75, 3.05) is 13.1 Å². The lowest BCUT2D eigenvalue weighted by molar-refractivity contribution is 0.404. The third-order valence-corrected chi connectivity index (χ3v) is 7.01. The van der Waals surface area contributed by atoms with E-state index in [1.165, 1.54) is 5.31 Å². The third-order valence-electron chi connectivity index (χ3n) is 3.04. The second-order valence-electron chi connectivity index (χ2n) is 4.86. The Morgan fingerprint density at radius 2 is 1.41 bits per heavy atom. The first kappa shape index (κ1) is 17.3. The highest BCUT2D eigenvalue weighted by Crippen LogP contribution is 2.56. The summed E-state index contributed by atoms with van der Waals surface area (Å²) >= 11 is 6.62. The molecular weight excluding hydrogens is 249 g/mol. The molecule has 0 aromatic heterocycles. The number of halogens is 1. The molecule has 0 aromatic rings. The van der Waals surface area contributed by atoms with Crippen LogP contribution < -0.4 is 0 Å². The molecular formula is C14H29ClNP. The molecule has 0 radical (unpaired) electrons. The number of nitrogens with zero attached hydrogens (tertiary/aromatic N) is 1. The summed E-state index contributed by atoms with van der Waals surface area (Å²) in [6, 6.07) is 0. The third kappa shape index (κ3) is 4.79. The van der Waals surface area contributed by atoms with Gasteiger partial charge >= 0.3 is 0 Å². The van der Waals surface area contributed by atoms with Crippen LogP contribution in [0.3, 0.4) is 0 Å². The first-order valence-corrected chi connectivity index (χ1v) is 8.68. The van der Waals surface area contributed by atoms with Crippen molar-refractivity contribution in [1.29, 1.82) is 0 Å². The molecule has 0 aliphatic carbocycles. The average molecular weight is 278 g/mol. The van der Waals surface area contributed by atoms with Crippen LogP contribution in [0.4, 0.5) is 0 Å². The molecule has 0 heterocycles. The molecule has 0 amide bonds. The summed E-state index contributed by atoms with van der Waals surface area (Å²) in [7, 11) is -0.119. The summed E-state index contributed by atoms with van der Waals surface area (Å²) in [5.74, 6) is 0. The molecule has 102 valence electrons. The Bertz CT molecular complexity index is 237. The van der Waals surface area contributed by atoms with Gasteiger partial charge in [0.25, 0.3) is 0 Å². The lowest BCUT2D eigenvalue weighted by atomic mass is 10.4. The van der Waals surface area contributed by atoms with E-state index >= 15 is 0 Å². The molecule has 0 rings (SSSR count). The van der Waals surface area contributed by atoms with E-state index in [9.17, 15) is 0 Å². The topological polar surface area (TPSA) is 3.24 Å². The zero-order valence-electron chi connectivity index (χ0n) is 12.5. The van der Waals surface area contributed by atoms with Gasteiger partial charge in [-0.25, -0.2) is 0 Å². The number of hydrogen-bond donors (Lipinski definition) is 0. The Morgan fingerprint density at radius 3 is 1.65 bits per heavy atom. The maximum Gasteiger partial charge on any atom is 0.108 e. The van der Waals surface area contributed by atoms with Crippen LogP contribution in [-0.4, -0.2) is 29.3 Å². The molecule has 0 saturated heterocycles. The molecule has 0 fully saturated rings. The first-order chi connectivity index (χ1) is 7.90. The van der Waals surface area contributed by atoms with Gasteiger partial charge in [0, 0.05) is 13.1 Å². The van der Waals surface area contributed by atoms with E-state index in [1.807, 2.05) is 0 Å². The Labute approximate surface area is 114 Å².